The van der Waals surface area contributed by atoms with E-state index in [1.807, 2.05) is 6.92 Å². The summed E-state index contributed by atoms with van der Waals surface area (Å²) in [7, 11) is 0. The zero-order valence-corrected chi connectivity index (χ0v) is 11.8. The Labute approximate surface area is 118 Å². The molecule has 19 heavy (non-hydrogen) atoms. The molecule has 0 saturated carbocycles. The van der Waals surface area contributed by atoms with Crippen LogP contribution in [-0.4, -0.2) is 26.3 Å². The van der Waals surface area contributed by atoms with Gasteiger partial charge >= 0.3 is 0 Å². The number of aliphatic imine (C=N–C) groups is 1. The Kier molecular flexibility index (Phi) is 4.46. The number of hydrogen-bond donors (Lipinski definition) is 1. The third kappa shape index (κ3) is 3.48. The van der Waals surface area contributed by atoms with Gasteiger partial charge in [-0.3, -0.25) is 4.99 Å². The number of thioether (sulfide) groups is 2. The average Bonchev–Trinajstić information content (AvgIpc) is 2.71. The molecule has 0 aromatic heterocycles. The smallest absolute Gasteiger partial charge is 0.131 e. The van der Waals surface area contributed by atoms with E-state index in [4.69, 9.17) is 5.21 Å². The van der Waals surface area contributed by atoms with Gasteiger partial charge in [-0.15, -0.1) is 5.16 Å². The lowest BCUT2D eigenvalue weighted by Gasteiger charge is -2.12. The van der Waals surface area contributed by atoms with Crippen molar-refractivity contribution in [2.45, 2.75) is 18.2 Å². The second-order valence-corrected chi connectivity index (χ2v) is 6.98. The van der Waals surface area contributed by atoms with Gasteiger partial charge in [0, 0.05) is 11.3 Å². The maximum Gasteiger partial charge on any atom is 0.131 e. The molecule has 1 fully saturated rings. The molecule has 0 bridgehead atoms. The molecule has 1 saturated heterocycles. The van der Waals surface area contributed by atoms with E-state index in [9.17, 15) is 8.78 Å². The van der Waals surface area contributed by atoms with E-state index < -0.39 is 11.6 Å². The fourth-order valence-corrected chi connectivity index (χ4v) is 4.22. The summed E-state index contributed by atoms with van der Waals surface area (Å²) in [5, 5.41) is 11.6. The number of halogens is 2. The van der Waals surface area contributed by atoms with Crippen LogP contribution in [0.5, 0.6) is 0 Å². The number of benzene rings is 1. The highest BCUT2D eigenvalue weighted by Crippen LogP contribution is 2.40. The standard InChI is InChI=1S/C12H12F2N2OS2/c1-12(6-16-17)7-18-11(19-12)15-5-8-9(13)3-2-4-10(8)14/h2-4,6,17H,5,7H2,1H3/b15-11?,16-6+. The quantitative estimate of drug-likeness (QED) is 0.528. The second kappa shape index (κ2) is 5.92. The number of oxime groups is 1. The summed E-state index contributed by atoms with van der Waals surface area (Å²) in [4.78, 5) is 4.21. The lowest BCUT2D eigenvalue weighted by Crippen LogP contribution is -2.21. The Balaban J connectivity index is 2.09. The fraction of sp³-hybridized carbons (Fsp3) is 0.333. The van der Waals surface area contributed by atoms with Gasteiger partial charge in [0.1, 0.15) is 16.0 Å². The largest absolute Gasteiger partial charge is 0.411 e. The second-order valence-electron chi connectivity index (χ2n) is 4.23. The van der Waals surface area contributed by atoms with Gasteiger partial charge in [-0.2, -0.15) is 0 Å². The van der Waals surface area contributed by atoms with Crippen molar-refractivity contribution in [1.29, 1.82) is 0 Å². The molecule has 1 aromatic rings. The number of nitrogens with zero attached hydrogens (tertiary/aromatic N) is 2. The minimum Gasteiger partial charge on any atom is -0.411 e. The highest BCUT2D eigenvalue weighted by atomic mass is 32.2. The van der Waals surface area contributed by atoms with Crippen LogP contribution in [0, 0.1) is 11.6 Å². The molecule has 3 nitrogen and oxygen atoms in total. The van der Waals surface area contributed by atoms with E-state index in [0.717, 1.165) is 4.38 Å². The van der Waals surface area contributed by atoms with Crippen LogP contribution in [-0.2, 0) is 6.54 Å². The Morgan fingerprint density at radius 2 is 2.11 bits per heavy atom. The maximum absolute atomic E-state index is 13.4. The summed E-state index contributed by atoms with van der Waals surface area (Å²) in [5.74, 6) is -0.464. The van der Waals surface area contributed by atoms with Crippen molar-refractivity contribution in [2.24, 2.45) is 10.1 Å². The molecule has 1 aliphatic rings. The van der Waals surface area contributed by atoms with E-state index in [-0.39, 0.29) is 16.9 Å². The molecule has 7 heteroatoms. The molecule has 0 aliphatic carbocycles. The number of rotatable bonds is 3. The van der Waals surface area contributed by atoms with Gasteiger partial charge in [0.25, 0.3) is 0 Å². The maximum atomic E-state index is 13.4. The Bertz CT molecular complexity index is 516. The summed E-state index contributed by atoms with van der Waals surface area (Å²) in [6.07, 6.45) is 1.44. The van der Waals surface area contributed by atoms with Crippen LogP contribution in [0.25, 0.3) is 0 Å². The highest BCUT2D eigenvalue weighted by molar-refractivity contribution is 8.42. The third-order valence-electron chi connectivity index (χ3n) is 2.56. The SMILES string of the molecule is CC1(/C=N/O)CSC(=NCc2c(F)cccc2F)S1. The van der Waals surface area contributed by atoms with Gasteiger partial charge in [0.05, 0.1) is 17.5 Å². The molecule has 0 spiro atoms. The molecule has 1 atom stereocenters. The van der Waals surface area contributed by atoms with Crippen molar-refractivity contribution in [1.82, 2.24) is 0 Å². The molecule has 2 rings (SSSR count). The summed E-state index contributed by atoms with van der Waals surface area (Å²) in [6, 6.07) is 3.77. The average molecular weight is 302 g/mol. The molecular weight excluding hydrogens is 290 g/mol. The molecule has 1 aliphatic heterocycles. The lowest BCUT2D eigenvalue weighted by molar-refractivity contribution is 0.320. The molecule has 1 N–H and O–H groups in total. The first-order valence-corrected chi connectivity index (χ1v) is 7.32. The summed E-state index contributed by atoms with van der Waals surface area (Å²) in [6.45, 7) is 1.89. The van der Waals surface area contributed by atoms with Crippen molar-refractivity contribution in [3.63, 3.8) is 0 Å². The van der Waals surface area contributed by atoms with Crippen LogP contribution in [0.4, 0.5) is 8.78 Å². The minimum atomic E-state index is -0.586. The Morgan fingerprint density at radius 3 is 2.74 bits per heavy atom. The van der Waals surface area contributed by atoms with Crippen molar-refractivity contribution in [3.05, 3.63) is 35.4 Å². The van der Waals surface area contributed by atoms with E-state index in [1.54, 1.807) is 0 Å². The zero-order chi connectivity index (χ0) is 13.9. The van der Waals surface area contributed by atoms with Crippen molar-refractivity contribution in [3.8, 4) is 0 Å². The fourth-order valence-electron chi connectivity index (χ4n) is 1.55. The van der Waals surface area contributed by atoms with Gasteiger partial charge in [-0.05, 0) is 19.1 Å². The molecule has 1 heterocycles. The number of hydrogen-bond acceptors (Lipinski definition) is 5. The van der Waals surface area contributed by atoms with E-state index in [1.165, 1.54) is 47.9 Å². The van der Waals surface area contributed by atoms with Gasteiger partial charge in [0.2, 0.25) is 0 Å². The van der Waals surface area contributed by atoms with Crippen LogP contribution >= 0.6 is 23.5 Å². The zero-order valence-electron chi connectivity index (χ0n) is 10.1. The van der Waals surface area contributed by atoms with Gasteiger partial charge in [0.15, 0.2) is 0 Å². The topological polar surface area (TPSA) is 45.0 Å². The summed E-state index contributed by atoms with van der Waals surface area (Å²) < 4.78 is 27.3. The first-order valence-electron chi connectivity index (χ1n) is 5.52. The molecule has 0 amide bonds. The van der Waals surface area contributed by atoms with Gasteiger partial charge < -0.3 is 5.21 Å². The molecule has 102 valence electrons. The Hall–Kier alpha value is -1.08. The van der Waals surface area contributed by atoms with Gasteiger partial charge in [-0.1, -0.05) is 29.6 Å². The predicted molar refractivity (Wildman–Crippen MR) is 76.2 cm³/mol. The van der Waals surface area contributed by atoms with E-state index >= 15 is 0 Å². The molecule has 1 aromatic carbocycles. The van der Waals surface area contributed by atoms with Crippen LogP contribution in [0.3, 0.4) is 0 Å². The van der Waals surface area contributed by atoms with Gasteiger partial charge in [-0.25, -0.2) is 8.78 Å². The normalized spacial score (nSPS) is 25.5. The van der Waals surface area contributed by atoms with Crippen LogP contribution in [0.2, 0.25) is 0 Å². The molecular formula is C12H12F2N2OS2. The first-order chi connectivity index (χ1) is 9.04. The van der Waals surface area contributed by atoms with Crippen molar-refractivity contribution >= 4 is 34.1 Å². The lowest BCUT2D eigenvalue weighted by atomic mass is 10.2. The van der Waals surface area contributed by atoms with E-state index in [0.29, 0.717) is 5.75 Å². The highest BCUT2D eigenvalue weighted by Gasteiger charge is 2.33. The first kappa shape index (κ1) is 14.3. The van der Waals surface area contributed by atoms with Crippen LogP contribution in [0.1, 0.15) is 12.5 Å². The third-order valence-corrected chi connectivity index (χ3v) is 5.49. The van der Waals surface area contributed by atoms with Crippen molar-refractivity contribution < 1.29 is 14.0 Å². The molecule has 1 unspecified atom stereocenters. The molecule has 0 radical (unpaired) electrons. The summed E-state index contributed by atoms with van der Waals surface area (Å²) >= 11 is 2.91. The van der Waals surface area contributed by atoms with Crippen LogP contribution < -0.4 is 0 Å². The van der Waals surface area contributed by atoms with Crippen molar-refractivity contribution in [2.75, 3.05) is 5.75 Å². The predicted octanol–water partition coefficient (Wildman–Crippen LogP) is 3.52. The Morgan fingerprint density at radius 1 is 1.42 bits per heavy atom. The summed E-state index contributed by atoms with van der Waals surface area (Å²) in [5.41, 5.74) is -0.0272. The van der Waals surface area contributed by atoms with Crippen LogP contribution in [0.15, 0.2) is 28.3 Å². The van der Waals surface area contributed by atoms with E-state index in [2.05, 4.69) is 10.1 Å². The minimum absolute atomic E-state index is 0.0272. The monoisotopic (exact) mass is 302 g/mol.